The number of nitrogens with one attached hydrogen (secondary N) is 1. The quantitative estimate of drug-likeness (QED) is 0.795. The predicted octanol–water partition coefficient (Wildman–Crippen LogP) is 3.16. The van der Waals surface area contributed by atoms with Crippen molar-refractivity contribution in [1.29, 1.82) is 0 Å². The van der Waals surface area contributed by atoms with Crippen LogP contribution in [-0.2, 0) is 0 Å². The van der Waals surface area contributed by atoms with Crippen LogP contribution in [0.1, 0.15) is 35.2 Å². The van der Waals surface area contributed by atoms with Gasteiger partial charge in [0.15, 0.2) is 0 Å². The Morgan fingerprint density at radius 1 is 1.25 bits per heavy atom. The van der Waals surface area contributed by atoms with Gasteiger partial charge >= 0.3 is 0 Å². The van der Waals surface area contributed by atoms with E-state index >= 15 is 0 Å². The summed E-state index contributed by atoms with van der Waals surface area (Å²) in [6, 6.07) is 4.47. The normalized spacial score (nSPS) is 13.3. The lowest BCUT2D eigenvalue weighted by molar-refractivity contribution is 0.748. The molecular formula is C14H20N2. The van der Waals surface area contributed by atoms with E-state index in [9.17, 15) is 0 Å². The maximum absolute atomic E-state index is 5.74. The van der Waals surface area contributed by atoms with Gasteiger partial charge < -0.3 is 10.7 Å². The number of rotatable bonds is 2. The van der Waals surface area contributed by atoms with Crippen molar-refractivity contribution in [2.45, 2.75) is 33.6 Å². The number of aromatic amines is 1. The Hall–Kier alpha value is -1.28. The van der Waals surface area contributed by atoms with Gasteiger partial charge in [0.25, 0.3) is 0 Å². The number of nitrogens with two attached hydrogens (primary N) is 1. The largest absolute Gasteiger partial charge is 0.358 e. The van der Waals surface area contributed by atoms with Crippen LogP contribution >= 0.6 is 0 Å². The number of H-pyrrole nitrogens is 1. The summed E-state index contributed by atoms with van der Waals surface area (Å²) in [6.07, 6.45) is 0. The van der Waals surface area contributed by atoms with E-state index in [0.29, 0.717) is 12.5 Å². The maximum atomic E-state index is 5.74. The molecule has 1 heterocycles. The Morgan fingerprint density at radius 2 is 1.94 bits per heavy atom. The predicted molar refractivity (Wildman–Crippen MR) is 70.0 cm³/mol. The second-order valence-corrected chi connectivity index (χ2v) is 4.80. The molecule has 0 bridgehead atoms. The highest BCUT2D eigenvalue weighted by Gasteiger charge is 2.13. The van der Waals surface area contributed by atoms with E-state index in [1.165, 1.54) is 33.3 Å². The summed E-state index contributed by atoms with van der Waals surface area (Å²) >= 11 is 0. The van der Waals surface area contributed by atoms with Gasteiger partial charge in [0.1, 0.15) is 0 Å². The molecule has 86 valence electrons. The van der Waals surface area contributed by atoms with Crippen LogP contribution in [0, 0.1) is 20.8 Å². The number of aromatic nitrogens is 1. The molecule has 1 aromatic heterocycles. The monoisotopic (exact) mass is 216 g/mol. The molecule has 3 N–H and O–H groups in total. The number of hydrogen-bond donors (Lipinski definition) is 2. The summed E-state index contributed by atoms with van der Waals surface area (Å²) in [5, 5.41) is 1.34. The van der Waals surface area contributed by atoms with Crippen LogP contribution in [0.3, 0.4) is 0 Å². The molecule has 0 amide bonds. The van der Waals surface area contributed by atoms with Crippen molar-refractivity contribution in [3.63, 3.8) is 0 Å². The molecule has 0 saturated heterocycles. The molecule has 16 heavy (non-hydrogen) atoms. The average molecular weight is 216 g/mol. The summed E-state index contributed by atoms with van der Waals surface area (Å²) in [4.78, 5) is 3.53. The third kappa shape index (κ3) is 1.63. The van der Waals surface area contributed by atoms with Gasteiger partial charge in [0, 0.05) is 29.1 Å². The molecule has 0 fully saturated rings. The van der Waals surface area contributed by atoms with Gasteiger partial charge in [-0.25, -0.2) is 0 Å². The van der Waals surface area contributed by atoms with Crippen LogP contribution in [0.15, 0.2) is 12.1 Å². The lowest BCUT2D eigenvalue weighted by atomic mass is 10.0. The molecule has 0 radical (unpaired) electrons. The highest BCUT2D eigenvalue weighted by molar-refractivity contribution is 5.87. The van der Waals surface area contributed by atoms with E-state index in [0.717, 1.165) is 0 Å². The molecular weight excluding hydrogens is 196 g/mol. The zero-order valence-corrected chi connectivity index (χ0v) is 10.5. The molecule has 1 unspecified atom stereocenters. The van der Waals surface area contributed by atoms with Crippen molar-refractivity contribution in [3.05, 3.63) is 34.5 Å². The molecule has 2 aromatic rings. The van der Waals surface area contributed by atoms with Gasteiger partial charge in [0.05, 0.1) is 0 Å². The fourth-order valence-corrected chi connectivity index (χ4v) is 2.41. The SMILES string of the molecule is Cc1cc(C)c2[nH]c(C(C)CN)c(C)c2c1. The molecule has 2 heteroatoms. The minimum Gasteiger partial charge on any atom is -0.358 e. The fourth-order valence-electron chi connectivity index (χ4n) is 2.41. The Balaban J connectivity index is 2.72. The molecule has 0 aliphatic rings. The maximum Gasteiger partial charge on any atom is 0.0488 e. The van der Waals surface area contributed by atoms with Crippen LogP contribution in [0.5, 0.6) is 0 Å². The Labute approximate surface area is 96.9 Å². The average Bonchev–Trinajstić information content (AvgIpc) is 2.56. The van der Waals surface area contributed by atoms with E-state index in [4.69, 9.17) is 5.73 Å². The lowest BCUT2D eigenvalue weighted by Gasteiger charge is -2.06. The second-order valence-electron chi connectivity index (χ2n) is 4.80. The van der Waals surface area contributed by atoms with E-state index in [2.05, 4.69) is 44.8 Å². The Kier molecular flexibility index (Phi) is 2.76. The van der Waals surface area contributed by atoms with Crippen LogP contribution in [0.25, 0.3) is 10.9 Å². The summed E-state index contributed by atoms with van der Waals surface area (Å²) < 4.78 is 0. The van der Waals surface area contributed by atoms with Crippen molar-refractivity contribution in [2.24, 2.45) is 5.73 Å². The van der Waals surface area contributed by atoms with Crippen molar-refractivity contribution in [3.8, 4) is 0 Å². The van der Waals surface area contributed by atoms with Gasteiger partial charge in [0.2, 0.25) is 0 Å². The first-order valence-corrected chi connectivity index (χ1v) is 5.84. The van der Waals surface area contributed by atoms with E-state index < -0.39 is 0 Å². The number of benzene rings is 1. The molecule has 0 aliphatic carbocycles. The highest BCUT2D eigenvalue weighted by Crippen LogP contribution is 2.29. The van der Waals surface area contributed by atoms with E-state index in [1.54, 1.807) is 0 Å². The van der Waals surface area contributed by atoms with Crippen LogP contribution in [0.2, 0.25) is 0 Å². The molecule has 1 aromatic carbocycles. The second kappa shape index (κ2) is 3.95. The van der Waals surface area contributed by atoms with Crippen LogP contribution < -0.4 is 5.73 Å². The van der Waals surface area contributed by atoms with Gasteiger partial charge in [-0.1, -0.05) is 18.6 Å². The first-order valence-electron chi connectivity index (χ1n) is 5.84. The van der Waals surface area contributed by atoms with Gasteiger partial charge in [-0.05, 0) is 38.0 Å². The van der Waals surface area contributed by atoms with E-state index in [1.807, 2.05) is 0 Å². The summed E-state index contributed by atoms with van der Waals surface area (Å²) in [7, 11) is 0. The minimum atomic E-state index is 0.395. The van der Waals surface area contributed by atoms with Crippen molar-refractivity contribution < 1.29 is 0 Å². The number of fused-ring (bicyclic) bond motifs is 1. The smallest absolute Gasteiger partial charge is 0.0488 e. The third-order valence-electron chi connectivity index (χ3n) is 3.39. The highest BCUT2D eigenvalue weighted by atomic mass is 14.7. The first kappa shape index (κ1) is 11.2. The summed E-state index contributed by atoms with van der Waals surface area (Å²) in [5.41, 5.74) is 12.3. The standard InChI is InChI=1S/C14H20N2/c1-8-5-9(2)14-12(6-8)11(4)13(16-14)10(3)7-15/h5-6,10,16H,7,15H2,1-4H3. The van der Waals surface area contributed by atoms with Gasteiger partial charge in [-0.2, -0.15) is 0 Å². The zero-order valence-electron chi connectivity index (χ0n) is 10.5. The molecule has 2 rings (SSSR count). The number of aryl methyl sites for hydroxylation is 3. The minimum absolute atomic E-state index is 0.395. The molecule has 0 saturated carbocycles. The summed E-state index contributed by atoms with van der Waals surface area (Å²) in [6.45, 7) is 9.33. The van der Waals surface area contributed by atoms with Crippen molar-refractivity contribution in [1.82, 2.24) is 4.98 Å². The third-order valence-corrected chi connectivity index (χ3v) is 3.39. The lowest BCUT2D eigenvalue weighted by Crippen LogP contribution is -2.10. The van der Waals surface area contributed by atoms with Crippen molar-refractivity contribution in [2.75, 3.05) is 6.54 Å². The van der Waals surface area contributed by atoms with Gasteiger partial charge in [-0.3, -0.25) is 0 Å². The first-order chi connectivity index (χ1) is 7.54. The number of hydrogen-bond acceptors (Lipinski definition) is 1. The Bertz CT molecular complexity index is 523. The van der Waals surface area contributed by atoms with Crippen LogP contribution in [-0.4, -0.2) is 11.5 Å². The van der Waals surface area contributed by atoms with E-state index in [-0.39, 0.29) is 0 Å². The fraction of sp³-hybridized carbons (Fsp3) is 0.429. The Morgan fingerprint density at radius 3 is 2.56 bits per heavy atom. The van der Waals surface area contributed by atoms with Crippen LogP contribution in [0.4, 0.5) is 0 Å². The topological polar surface area (TPSA) is 41.8 Å². The zero-order chi connectivity index (χ0) is 11.9. The summed E-state index contributed by atoms with van der Waals surface area (Å²) in [5.74, 6) is 0.395. The van der Waals surface area contributed by atoms with Gasteiger partial charge in [-0.15, -0.1) is 0 Å². The molecule has 1 atom stereocenters. The van der Waals surface area contributed by atoms with Crippen molar-refractivity contribution >= 4 is 10.9 Å². The molecule has 0 aliphatic heterocycles. The molecule has 2 nitrogen and oxygen atoms in total. The molecule has 0 spiro atoms.